The molecule has 0 radical (unpaired) electrons. The first-order valence-electron chi connectivity index (χ1n) is 7.40. The van der Waals surface area contributed by atoms with E-state index in [0.717, 1.165) is 12.0 Å². The van der Waals surface area contributed by atoms with E-state index in [1.807, 2.05) is 19.1 Å². The third-order valence-corrected chi connectivity index (χ3v) is 4.32. The van der Waals surface area contributed by atoms with Gasteiger partial charge in [-0.3, -0.25) is 0 Å². The van der Waals surface area contributed by atoms with Crippen LogP contribution in [0.25, 0.3) is 0 Å². The number of carbonyl (C=O) groups is 1. The van der Waals surface area contributed by atoms with E-state index in [4.69, 9.17) is 21.4 Å². The van der Waals surface area contributed by atoms with Crippen LogP contribution < -0.4 is 10.1 Å². The minimum atomic E-state index is -1.00. The molecule has 2 atom stereocenters. The minimum Gasteiger partial charge on any atom is -0.482 e. The quantitative estimate of drug-likeness (QED) is 0.628. The summed E-state index contributed by atoms with van der Waals surface area (Å²) in [7, 11) is 0. The highest BCUT2D eigenvalue weighted by Crippen LogP contribution is 2.20. The number of aliphatic hydroxyl groups excluding tert-OH is 1. The maximum Gasteiger partial charge on any atom is 0.341 e. The van der Waals surface area contributed by atoms with Gasteiger partial charge in [0, 0.05) is 18.0 Å². The van der Waals surface area contributed by atoms with E-state index >= 15 is 0 Å². The number of aliphatic carboxylic acids is 1. The van der Waals surface area contributed by atoms with Crippen molar-refractivity contribution in [1.82, 2.24) is 10.3 Å². The molecule has 1 aromatic heterocycles. The smallest absolute Gasteiger partial charge is 0.341 e. The zero-order valence-corrected chi connectivity index (χ0v) is 14.7. The summed E-state index contributed by atoms with van der Waals surface area (Å²) >= 11 is 7.05. The van der Waals surface area contributed by atoms with E-state index in [9.17, 15) is 9.90 Å². The van der Waals surface area contributed by atoms with Crippen LogP contribution in [-0.2, 0) is 11.2 Å². The van der Waals surface area contributed by atoms with Crippen LogP contribution in [0, 0.1) is 0 Å². The number of aromatic nitrogens is 1. The van der Waals surface area contributed by atoms with Gasteiger partial charge in [-0.15, -0.1) is 11.3 Å². The molecule has 2 unspecified atom stereocenters. The molecule has 2 rings (SSSR count). The number of halogens is 1. The number of nitrogens with zero attached hydrogens (tertiary/aromatic N) is 1. The SMILES string of the molecule is CC(Cc1ccc(OCC(=O)O)cc1)NCC(O)c1csc(Cl)n1. The number of carboxylic acids is 1. The van der Waals surface area contributed by atoms with Crippen LogP contribution in [0.1, 0.15) is 24.3 Å². The fourth-order valence-corrected chi connectivity index (χ4v) is 2.94. The van der Waals surface area contributed by atoms with Gasteiger partial charge in [-0.25, -0.2) is 9.78 Å². The van der Waals surface area contributed by atoms with E-state index in [-0.39, 0.29) is 12.6 Å². The molecule has 0 aliphatic rings. The number of ether oxygens (including phenoxy) is 1. The Morgan fingerprint density at radius 1 is 1.42 bits per heavy atom. The number of rotatable bonds is 9. The second-order valence-corrected chi connectivity index (χ2v) is 6.82. The molecular formula is C16H19ClN2O4S. The Morgan fingerprint density at radius 3 is 2.71 bits per heavy atom. The maximum atomic E-state index is 10.5. The number of thiazole rings is 1. The number of hydrogen-bond acceptors (Lipinski definition) is 6. The van der Waals surface area contributed by atoms with Crippen molar-refractivity contribution in [1.29, 1.82) is 0 Å². The largest absolute Gasteiger partial charge is 0.482 e. The summed E-state index contributed by atoms with van der Waals surface area (Å²) in [6, 6.07) is 7.44. The average Bonchev–Trinajstić information content (AvgIpc) is 2.98. The van der Waals surface area contributed by atoms with Crippen LogP contribution in [0.3, 0.4) is 0 Å². The molecule has 2 aromatic rings. The molecule has 0 saturated carbocycles. The fraction of sp³-hybridized carbons (Fsp3) is 0.375. The van der Waals surface area contributed by atoms with Crippen molar-refractivity contribution in [2.45, 2.75) is 25.5 Å². The van der Waals surface area contributed by atoms with Gasteiger partial charge in [-0.2, -0.15) is 0 Å². The van der Waals surface area contributed by atoms with E-state index in [2.05, 4.69) is 10.3 Å². The van der Waals surface area contributed by atoms with Crippen LogP contribution in [0.5, 0.6) is 5.75 Å². The molecule has 0 saturated heterocycles. The molecule has 6 nitrogen and oxygen atoms in total. The zero-order valence-electron chi connectivity index (χ0n) is 13.1. The lowest BCUT2D eigenvalue weighted by atomic mass is 10.1. The summed E-state index contributed by atoms with van der Waals surface area (Å²) in [5, 5.41) is 23.6. The van der Waals surface area contributed by atoms with E-state index < -0.39 is 12.1 Å². The summed E-state index contributed by atoms with van der Waals surface area (Å²) < 4.78 is 5.51. The maximum absolute atomic E-state index is 10.5. The molecule has 24 heavy (non-hydrogen) atoms. The lowest BCUT2D eigenvalue weighted by Crippen LogP contribution is -2.32. The van der Waals surface area contributed by atoms with Gasteiger partial charge < -0.3 is 20.3 Å². The molecule has 1 aromatic carbocycles. The van der Waals surface area contributed by atoms with Crippen molar-refractivity contribution in [2.24, 2.45) is 0 Å². The Kier molecular flexibility index (Phi) is 6.99. The van der Waals surface area contributed by atoms with Crippen molar-refractivity contribution in [2.75, 3.05) is 13.2 Å². The highest BCUT2D eigenvalue weighted by atomic mass is 35.5. The Balaban J connectivity index is 1.77. The normalized spacial score (nSPS) is 13.5. The van der Waals surface area contributed by atoms with Gasteiger partial charge in [0.1, 0.15) is 11.9 Å². The highest BCUT2D eigenvalue weighted by molar-refractivity contribution is 7.13. The zero-order chi connectivity index (χ0) is 17.5. The van der Waals surface area contributed by atoms with Gasteiger partial charge in [0.2, 0.25) is 0 Å². The molecule has 3 N–H and O–H groups in total. The predicted octanol–water partition coefficient (Wildman–Crippen LogP) is 2.51. The summed E-state index contributed by atoms with van der Waals surface area (Å²) in [5.41, 5.74) is 1.66. The molecule has 0 amide bonds. The van der Waals surface area contributed by atoms with E-state index in [1.54, 1.807) is 17.5 Å². The Labute approximate surface area is 149 Å². The predicted molar refractivity (Wildman–Crippen MR) is 92.8 cm³/mol. The lowest BCUT2D eigenvalue weighted by Gasteiger charge is -2.16. The monoisotopic (exact) mass is 370 g/mol. The molecule has 130 valence electrons. The van der Waals surface area contributed by atoms with Crippen LogP contribution in [0.2, 0.25) is 4.47 Å². The van der Waals surface area contributed by atoms with E-state index in [1.165, 1.54) is 11.3 Å². The van der Waals surface area contributed by atoms with Crippen LogP contribution in [-0.4, -0.2) is 40.4 Å². The molecule has 8 heteroatoms. The van der Waals surface area contributed by atoms with Crippen LogP contribution >= 0.6 is 22.9 Å². The number of benzene rings is 1. The van der Waals surface area contributed by atoms with Crippen molar-refractivity contribution in [3.05, 3.63) is 45.4 Å². The van der Waals surface area contributed by atoms with Crippen molar-refractivity contribution in [3.8, 4) is 5.75 Å². The molecule has 1 heterocycles. The van der Waals surface area contributed by atoms with Gasteiger partial charge in [0.25, 0.3) is 0 Å². The van der Waals surface area contributed by atoms with Crippen molar-refractivity contribution in [3.63, 3.8) is 0 Å². The Morgan fingerprint density at radius 2 is 2.12 bits per heavy atom. The number of aliphatic hydroxyl groups is 1. The second kappa shape index (κ2) is 8.98. The van der Waals surface area contributed by atoms with Crippen LogP contribution in [0.15, 0.2) is 29.6 Å². The average molecular weight is 371 g/mol. The van der Waals surface area contributed by atoms with Crippen molar-refractivity contribution >= 4 is 28.9 Å². The Bertz CT molecular complexity index is 662. The first-order valence-corrected chi connectivity index (χ1v) is 8.65. The molecule has 0 aliphatic carbocycles. The van der Waals surface area contributed by atoms with Gasteiger partial charge in [-0.05, 0) is 31.0 Å². The minimum absolute atomic E-state index is 0.152. The van der Waals surface area contributed by atoms with Gasteiger partial charge in [-0.1, -0.05) is 23.7 Å². The summed E-state index contributed by atoms with van der Waals surface area (Å²) in [6.07, 6.45) is 0.0759. The third-order valence-electron chi connectivity index (χ3n) is 3.32. The summed E-state index contributed by atoms with van der Waals surface area (Å²) in [4.78, 5) is 14.5. The number of nitrogens with one attached hydrogen (secondary N) is 1. The first kappa shape index (κ1) is 18.7. The van der Waals surface area contributed by atoms with Gasteiger partial charge >= 0.3 is 5.97 Å². The lowest BCUT2D eigenvalue weighted by molar-refractivity contribution is -0.139. The first-order chi connectivity index (χ1) is 11.4. The number of carboxylic acid groups (broad SMARTS) is 1. The second-order valence-electron chi connectivity index (χ2n) is 5.38. The molecule has 0 spiro atoms. The third kappa shape index (κ3) is 6.09. The van der Waals surface area contributed by atoms with Crippen LogP contribution in [0.4, 0.5) is 0 Å². The Hall–Kier alpha value is -1.67. The summed E-state index contributed by atoms with van der Waals surface area (Å²) in [6.45, 7) is 2.06. The molecule has 0 fully saturated rings. The fourth-order valence-electron chi connectivity index (χ4n) is 2.13. The topological polar surface area (TPSA) is 91.7 Å². The molecule has 0 aliphatic heterocycles. The number of hydrogen-bond donors (Lipinski definition) is 3. The van der Waals surface area contributed by atoms with Gasteiger partial charge in [0.05, 0.1) is 5.69 Å². The van der Waals surface area contributed by atoms with Crippen molar-refractivity contribution < 1.29 is 19.7 Å². The molecule has 0 bridgehead atoms. The van der Waals surface area contributed by atoms with Gasteiger partial charge in [0.15, 0.2) is 11.1 Å². The standard InChI is InChI=1S/C16H19ClN2O4S/c1-10(18-7-14(20)13-9-24-16(17)19-13)6-11-2-4-12(5-3-11)23-8-15(21)22/h2-5,9-10,14,18,20H,6-8H2,1H3,(H,21,22). The molecular weight excluding hydrogens is 352 g/mol. The van der Waals surface area contributed by atoms with E-state index in [0.29, 0.717) is 22.5 Å². The summed E-state index contributed by atoms with van der Waals surface area (Å²) in [5.74, 6) is -0.477. The highest BCUT2D eigenvalue weighted by Gasteiger charge is 2.13.